The smallest absolute Gasteiger partial charge is 0.269 e. The van der Waals surface area contributed by atoms with Crippen LogP contribution in [0, 0.1) is 10.1 Å². The predicted molar refractivity (Wildman–Crippen MR) is 168 cm³/mol. The lowest BCUT2D eigenvalue weighted by molar-refractivity contribution is -0.384. The normalized spacial score (nSPS) is 37.8. The SMILES string of the molecule is CC(=O)NC1C(OC2C(CO)OC(OC3C(CO)OC(Oc4ccc([N+](=O)[O-])cc4)C(NC(C)=O)C3O)C(NC(C)=O)C2O)OC(CO)C(O)C1O. The van der Waals surface area contributed by atoms with E-state index in [4.69, 9.17) is 28.4 Å². The van der Waals surface area contributed by atoms with E-state index in [0.29, 0.717) is 0 Å². The number of ether oxygens (including phenoxy) is 6. The van der Waals surface area contributed by atoms with Gasteiger partial charge in [0, 0.05) is 32.9 Å². The molecule has 3 amide bonds. The van der Waals surface area contributed by atoms with E-state index in [1.165, 1.54) is 12.1 Å². The van der Waals surface area contributed by atoms with Crippen molar-refractivity contribution in [3.05, 3.63) is 34.4 Å². The summed E-state index contributed by atoms with van der Waals surface area (Å²) in [4.78, 5) is 46.8. The second kappa shape index (κ2) is 17.9. The van der Waals surface area contributed by atoms with Crippen molar-refractivity contribution in [2.75, 3.05) is 19.8 Å². The molecule has 1 aromatic carbocycles. The molecule has 0 bridgehead atoms. The van der Waals surface area contributed by atoms with Crippen LogP contribution >= 0.6 is 0 Å². The number of carbonyl (C=O) groups is 3. The molecule has 0 aliphatic carbocycles. The van der Waals surface area contributed by atoms with E-state index in [0.717, 1.165) is 32.9 Å². The van der Waals surface area contributed by atoms with Gasteiger partial charge in [0.2, 0.25) is 24.0 Å². The Morgan fingerprint density at radius 2 is 1.04 bits per heavy atom. The molecule has 22 nitrogen and oxygen atoms in total. The van der Waals surface area contributed by atoms with Gasteiger partial charge in [0.05, 0.1) is 24.7 Å². The van der Waals surface area contributed by atoms with Gasteiger partial charge in [0.15, 0.2) is 12.6 Å². The summed E-state index contributed by atoms with van der Waals surface area (Å²) < 4.78 is 35.0. The minimum atomic E-state index is -1.82. The molecule has 3 saturated heterocycles. The summed E-state index contributed by atoms with van der Waals surface area (Å²) in [5.74, 6) is -1.97. The number of aliphatic hydroxyl groups is 7. The second-order valence-corrected chi connectivity index (χ2v) is 12.4. The Bertz CT molecular complexity index is 1390. The number of aliphatic hydroxyl groups excluding tert-OH is 7. The highest BCUT2D eigenvalue weighted by Crippen LogP contribution is 2.33. The van der Waals surface area contributed by atoms with Gasteiger partial charge >= 0.3 is 0 Å². The molecule has 4 rings (SSSR count). The molecule has 22 heteroatoms. The van der Waals surface area contributed by atoms with Gasteiger partial charge in [-0.3, -0.25) is 24.5 Å². The average molecular weight is 749 g/mol. The minimum absolute atomic E-state index is 0.0468. The molecule has 0 radical (unpaired) electrons. The van der Waals surface area contributed by atoms with Crippen LogP contribution in [-0.2, 0) is 38.1 Å². The van der Waals surface area contributed by atoms with E-state index >= 15 is 0 Å². The van der Waals surface area contributed by atoms with Crippen molar-refractivity contribution >= 4 is 23.4 Å². The van der Waals surface area contributed by atoms with E-state index in [-0.39, 0.29) is 11.4 Å². The van der Waals surface area contributed by atoms with Gasteiger partial charge in [-0.25, -0.2) is 0 Å². The number of nitrogens with one attached hydrogen (secondary N) is 3. The van der Waals surface area contributed by atoms with Gasteiger partial charge in [0.1, 0.15) is 78.8 Å². The van der Waals surface area contributed by atoms with E-state index < -0.39 is 134 Å². The number of hydrogen-bond donors (Lipinski definition) is 10. The predicted octanol–water partition coefficient (Wildman–Crippen LogP) is -5.15. The van der Waals surface area contributed by atoms with E-state index in [9.17, 15) is 60.2 Å². The molecule has 0 aromatic heterocycles. The van der Waals surface area contributed by atoms with Crippen molar-refractivity contribution in [3.8, 4) is 5.75 Å². The molecular weight excluding hydrogens is 704 g/mol. The molecule has 3 aliphatic heterocycles. The first-order valence-corrected chi connectivity index (χ1v) is 16.1. The van der Waals surface area contributed by atoms with Crippen LogP contribution in [0.1, 0.15) is 20.8 Å². The first-order valence-electron chi connectivity index (χ1n) is 16.1. The quantitative estimate of drug-likeness (QED) is 0.0666. The Morgan fingerprint density at radius 1 is 0.654 bits per heavy atom. The summed E-state index contributed by atoms with van der Waals surface area (Å²) in [6.07, 6.45) is -19.3. The number of nitrogens with zero attached hydrogens (tertiary/aromatic N) is 1. The molecule has 10 N–H and O–H groups in total. The van der Waals surface area contributed by atoms with Crippen LogP contribution in [-0.4, -0.2) is 170 Å². The Hall–Kier alpha value is -3.65. The van der Waals surface area contributed by atoms with E-state index in [1.807, 2.05) is 0 Å². The van der Waals surface area contributed by atoms with Crippen LogP contribution in [0.5, 0.6) is 5.75 Å². The van der Waals surface area contributed by atoms with Gasteiger partial charge in [-0.05, 0) is 12.1 Å². The third kappa shape index (κ3) is 9.47. The third-order valence-electron chi connectivity index (χ3n) is 8.58. The molecule has 0 spiro atoms. The molecule has 3 heterocycles. The Labute approximate surface area is 295 Å². The maximum absolute atomic E-state index is 12.3. The molecule has 52 heavy (non-hydrogen) atoms. The molecule has 15 atom stereocenters. The number of benzene rings is 1. The summed E-state index contributed by atoms with van der Waals surface area (Å²) in [5, 5.41) is 92.7. The molecule has 292 valence electrons. The van der Waals surface area contributed by atoms with Crippen molar-refractivity contribution in [2.24, 2.45) is 0 Å². The fraction of sp³-hybridized carbons (Fsp3) is 0.700. The van der Waals surface area contributed by atoms with Crippen molar-refractivity contribution in [1.29, 1.82) is 0 Å². The zero-order valence-corrected chi connectivity index (χ0v) is 28.2. The van der Waals surface area contributed by atoms with Gasteiger partial charge in [0.25, 0.3) is 5.69 Å². The molecular formula is C30H44N4O18. The first kappa shape index (κ1) is 41.1. The largest absolute Gasteiger partial charge is 0.463 e. The summed E-state index contributed by atoms with van der Waals surface area (Å²) in [7, 11) is 0. The number of hydrogen-bond acceptors (Lipinski definition) is 18. The van der Waals surface area contributed by atoms with Crippen LogP contribution in [0.4, 0.5) is 5.69 Å². The highest BCUT2D eigenvalue weighted by atomic mass is 16.7. The number of nitro groups is 1. The summed E-state index contributed by atoms with van der Waals surface area (Å²) in [6, 6.07) is 0.420. The zero-order chi connectivity index (χ0) is 38.4. The monoisotopic (exact) mass is 748 g/mol. The van der Waals surface area contributed by atoms with E-state index in [1.54, 1.807) is 0 Å². The molecule has 3 aliphatic rings. The minimum Gasteiger partial charge on any atom is -0.463 e. The Morgan fingerprint density at radius 3 is 1.44 bits per heavy atom. The van der Waals surface area contributed by atoms with Crippen molar-refractivity contribution < 1.29 is 83.5 Å². The lowest BCUT2D eigenvalue weighted by atomic mass is 9.93. The van der Waals surface area contributed by atoms with Crippen LogP contribution in [0.3, 0.4) is 0 Å². The second-order valence-electron chi connectivity index (χ2n) is 12.4. The standard InChI is InChI=1S/C30H44N4O18/c1-11(38)31-19-23(42)22(41)16(8-35)48-29(19)51-27-18(10-37)50-30(21(25(27)44)33-13(3)40)52-26-17(9-36)49-28(20(24(26)43)32-12(2)39)47-15-6-4-14(5-7-15)34(45)46/h4-7,16-30,35-37,41-44H,8-10H2,1-3H3,(H,31,38)(H,32,39)(H,33,40). The Balaban J connectivity index is 1.59. The fourth-order valence-corrected chi connectivity index (χ4v) is 6.14. The van der Waals surface area contributed by atoms with E-state index in [2.05, 4.69) is 16.0 Å². The third-order valence-corrected chi connectivity index (χ3v) is 8.58. The van der Waals surface area contributed by atoms with Crippen LogP contribution in [0.25, 0.3) is 0 Å². The van der Waals surface area contributed by atoms with Crippen LogP contribution in [0.15, 0.2) is 24.3 Å². The van der Waals surface area contributed by atoms with Gasteiger partial charge in [-0.15, -0.1) is 0 Å². The maximum Gasteiger partial charge on any atom is 0.269 e. The lowest BCUT2D eigenvalue weighted by Gasteiger charge is -2.50. The topological polar surface area (TPSA) is 327 Å². The number of non-ortho nitro benzene ring substituents is 1. The number of nitro benzene ring substituents is 1. The first-order chi connectivity index (χ1) is 24.6. The van der Waals surface area contributed by atoms with Gasteiger partial charge in [-0.1, -0.05) is 0 Å². The zero-order valence-electron chi connectivity index (χ0n) is 28.2. The van der Waals surface area contributed by atoms with Gasteiger partial charge in [-0.2, -0.15) is 0 Å². The highest BCUT2D eigenvalue weighted by molar-refractivity contribution is 5.74. The van der Waals surface area contributed by atoms with Crippen LogP contribution < -0.4 is 20.7 Å². The van der Waals surface area contributed by atoms with Crippen LogP contribution in [0.2, 0.25) is 0 Å². The average Bonchev–Trinajstić information content (AvgIpc) is 3.09. The number of amides is 3. The molecule has 0 saturated carbocycles. The fourth-order valence-electron chi connectivity index (χ4n) is 6.14. The summed E-state index contributed by atoms with van der Waals surface area (Å²) in [6.45, 7) is 0.890. The summed E-state index contributed by atoms with van der Waals surface area (Å²) >= 11 is 0. The summed E-state index contributed by atoms with van der Waals surface area (Å²) in [5.41, 5.74) is -0.237. The number of rotatable bonds is 13. The van der Waals surface area contributed by atoms with Crippen molar-refractivity contribution in [3.63, 3.8) is 0 Å². The molecule has 15 unspecified atom stereocenters. The Kier molecular flexibility index (Phi) is 14.2. The maximum atomic E-state index is 12.3. The lowest BCUT2D eigenvalue weighted by Crippen LogP contribution is -2.71. The number of carbonyl (C=O) groups excluding carboxylic acids is 3. The highest BCUT2D eigenvalue weighted by Gasteiger charge is 2.55. The molecule has 1 aromatic rings. The van der Waals surface area contributed by atoms with Crippen molar-refractivity contribution in [1.82, 2.24) is 16.0 Å². The van der Waals surface area contributed by atoms with Crippen molar-refractivity contribution in [2.45, 2.75) is 113 Å². The molecule has 3 fully saturated rings. The van der Waals surface area contributed by atoms with Gasteiger partial charge < -0.3 is 80.1 Å².